The van der Waals surface area contributed by atoms with Gasteiger partial charge in [0, 0.05) is 15.2 Å². The van der Waals surface area contributed by atoms with Crippen LogP contribution in [0.5, 0.6) is 0 Å². The van der Waals surface area contributed by atoms with E-state index in [0.717, 1.165) is 31.4 Å². The zero-order valence-corrected chi connectivity index (χ0v) is 14.1. The van der Waals surface area contributed by atoms with Crippen molar-refractivity contribution < 1.29 is 22.3 Å². The molecule has 0 atom stereocenters. The van der Waals surface area contributed by atoms with Crippen LogP contribution in [-0.2, 0) is 13.8 Å². The lowest BCUT2D eigenvalue weighted by Gasteiger charge is -2.24. The van der Waals surface area contributed by atoms with Crippen LogP contribution in [-0.4, -0.2) is 21.0 Å². The zero-order chi connectivity index (χ0) is 15.6. The summed E-state index contributed by atoms with van der Waals surface area (Å²) in [4.78, 5) is 11.2. The molecule has 2 rings (SSSR count). The second-order valence-electron chi connectivity index (χ2n) is 4.92. The van der Waals surface area contributed by atoms with Crippen LogP contribution in [0.1, 0.15) is 36.0 Å². The number of esters is 1. The molecule has 116 valence electrons. The fraction of sp³-hybridized carbons (Fsp3) is 0.462. The largest absolute Gasteiger partial charge is 0.462 e. The number of hydrogen-bond donors (Lipinski definition) is 0. The van der Waals surface area contributed by atoms with Crippen LogP contribution in [0.3, 0.4) is 0 Å². The summed E-state index contributed by atoms with van der Waals surface area (Å²) in [5.41, 5.74) is -0.0655. The monoisotopic (exact) mass is 398 g/mol. The summed E-state index contributed by atoms with van der Waals surface area (Å²) in [6.45, 7) is 0.260. The highest BCUT2D eigenvalue weighted by molar-refractivity contribution is 9.10. The van der Waals surface area contributed by atoms with E-state index >= 15 is 0 Å². The average Bonchev–Trinajstić information content (AvgIpc) is 2.30. The lowest BCUT2D eigenvalue weighted by Crippen LogP contribution is -2.16. The molecule has 1 aliphatic rings. The van der Waals surface area contributed by atoms with Gasteiger partial charge < -0.3 is 4.74 Å². The maximum absolute atomic E-state index is 13.6. The van der Waals surface area contributed by atoms with Gasteiger partial charge in [-0.2, -0.15) is 0 Å². The number of rotatable bonds is 5. The van der Waals surface area contributed by atoms with Gasteiger partial charge in [0.25, 0.3) is 9.05 Å². The number of carbonyl (C=O) groups excluding carboxylic acids is 1. The highest BCUT2D eigenvalue weighted by atomic mass is 79.9. The van der Waals surface area contributed by atoms with E-state index in [2.05, 4.69) is 15.9 Å². The van der Waals surface area contributed by atoms with Crippen LogP contribution in [0.2, 0.25) is 0 Å². The average molecular weight is 400 g/mol. The van der Waals surface area contributed by atoms with Crippen LogP contribution >= 0.6 is 26.6 Å². The van der Waals surface area contributed by atoms with Crippen LogP contribution in [0.25, 0.3) is 0 Å². The van der Waals surface area contributed by atoms with Crippen molar-refractivity contribution in [3.63, 3.8) is 0 Å². The summed E-state index contributed by atoms with van der Waals surface area (Å²) in [5, 5.41) is 0. The maximum Gasteiger partial charge on any atom is 0.339 e. The molecule has 4 nitrogen and oxygen atoms in total. The summed E-state index contributed by atoms with van der Waals surface area (Å²) in [6.07, 6.45) is 4.28. The highest BCUT2D eigenvalue weighted by Crippen LogP contribution is 2.30. The third-order valence-corrected chi connectivity index (χ3v) is 5.48. The van der Waals surface area contributed by atoms with Gasteiger partial charge in [-0.05, 0) is 40.4 Å². The van der Waals surface area contributed by atoms with Gasteiger partial charge in [0.1, 0.15) is 10.7 Å². The van der Waals surface area contributed by atoms with Crippen molar-refractivity contribution in [2.75, 3.05) is 6.61 Å². The molecule has 0 unspecified atom stereocenters. The molecule has 0 aromatic heterocycles. The van der Waals surface area contributed by atoms with E-state index in [1.54, 1.807) is 0 Å². The Balaban J connectivity index is 2.12. The molecule has 1 aliphatic carbocycles. The van der Waals surface area contributed by atoms with Crippen molar-refractivity contribution in [2.45, 2.75) is 30.6 Å². The predicted octanol–water partition coefficient (Wildman–Crippen LogP) is 3.86. The van der Waals surface area contributed by atoms with Gasteiger partial charge >= 0.3 is 5.97 Å². The Morgan fingerprint density at radius 3 is 2.62 bits per heavy atom. The molecule has 21 heavy (non-hydrogen) atoms. The minimum absolute atomic E-state index is 0.0655. The molecule has 1 aromatic rings. The molecule has 8 heteroatoms. The molecule has 0 aliphatic heterocycles. The third-order valence-electron chi connectivity index (χ3n) is 3.49. The minimum atomic E-state index is -4.27. The van der Waals surface area contributed by atoms with Crippen molar-refractivity contribution >= 4 is 41.6 Å². The molecule has 0 bridgehead atoms. The molecule has 0 heterocycles. The Kier molecular flexibility index (Phi) is 5.27. The Morgan fingerprint density at radius 1 is 1.43 bits per heavy atom. The summed E-state index contributed by atoms with van der Waals surface area (Å²) in [7, 11) is 0.864. The standard InChI is InChI=1S/C13H13BrClFO4S/c14-10-7-11(16)12(21(15,18)19)6-9(10)13(17)20-5-4-8-2-1-3-8/h6-8H,1-5H2. The van der Waals surface area contributed by atoms with Crippen LogP contribution in [0.15, 0.2) is 21.5 Å². The van der Waals surface area contributed by atoms with E-state index in [9.17, 15) is 17.6 Å². The second kappa shape index (κ2) is 6.62. The predicted molar refractivity (Wildman–Crippen MR) is 79.4 cm³/mol. The van der Waals surface area contributed by atoms with Crippen LogP contribution in [0, 0.1) is 11.7 Å². The van der Waals surface area contributed by atoms with Gasteiger partial charge in [0.05, 0.1) is 12.2 Å². The summed E-state index contributed by atoms with van der Waals surface area (Å²) in [5.74, 6) is -1.14. The zero-order valence-electron chi connectivity index (χ0n) is 10.9. The van der Waals surface area contributed by atoms with Crippen molar-refractivity contribution in [3.8, 4) is 0 Å². The molecule has 0 N–H and O–H groups in total. The Bertz CT molecular complexity index is 658. The molecule has 1 saturated carbocycles. The van der Waals surface area contributed by atoms with Crippen molar-refractivity contribution in [2.24, 2.45) is 5.92 Å². The van der Waals surface area contributed by atoms with Crippen molar-refractivity contribution in [1.29, 1.82) is 0 Å². The molecular formula is C13H13BrClFO4S. The van der Waals surface area contributed by atoms with E-state index in [0.29, 0.717) is 5.92 Å². The van der Waals surface area contributed by atoms with E-state index in [-0.39, 0.29) is 16.6 Å². The third kappa shape index (κ3) is 4.17. The summed E-state index contributed by atoms with van der Waals surface area (Å²) >= 11 is 3.02. The molecule has 0 spiro atoms. The number of ether oxygens (including phenoxy) is 1. The molecule has 1 fully saturated rings. The van der Waals surface area contributed by atoms with Gasteiger partial charge in [-0.25, -0.2) is 17.6 Å². The topological polar surface area (TPSA) is 60.4 Å². The lowest BCUT2D eigenvalue weighted by molar-refractivity contribution is 0.0463. The number of halogens is 3. The number of carbonyl (C=O) groups is 1. The van der Waals surface area contributed by atoms with Gasteiger partial charge in [0.2, 0.25) is 0 Å². The van der Waals surface area contributed by atoms with E-state index in [1.807, 2.05) is 0 Å². The first kappa shape index (κ1) is 16.7. The van der Waals surface area contributed by atoms with E-state index in [4.69, 9.17) is 15.4 Å². The Labute approximate surface area is 135 Å². The summed E-state index contributed by atoms with van der Waals surface area (Å²) < 4.78 is 41.3. The van der Waals surface area contributed by atoms with Crippen LogP contribution in [0.4, 0.5) is 4.39 Å². The smallest absolute Gasteiger partial charge is 0.339 e. The highest BCUT2D eigenvalue weighted by Gasteiger charge is 2.23. The van der Waals surface area contributed by atoms with Gasteiger partial charge in [-0.3, -0.25) is 0 Å². The first-order valence-electron chi connectivity index (χ1n) is 6.40. The van der Waals surface area contributed by atoms with Gasteiger partial charge in [0.15, 0.2) is 0 Å². The molecule has 1 aromatic carbocycles. The Hall–Kier alpha value is -0.660. The second-order valence-corrected chi connectivity index (χ2v) is 8.31. The fourth-order valence-corrected chi connectivity index (χ4v) is 3.43. The molecule has 0 saturated heterocycles. The SMILES string of the molecule is O=C(OCCC1CCC1)c1cc(S(=O)(=O)Cl)c(F)cc1Br. The van der Waals surface area contributed by atoms with Gasteiger partial charge in [-0.1, -0.05) is 19.3 Å². The first-order chi connectivity index (χ1) is 9.79. The number of hydrogen-bond acceptors (Lipinski definition) is 4. The fourth-order valence-electron chi connectivity index (χ4n) is 2.05. The lowest BCUT2D eigenvalue weighted by atomic mass is 9.83. The number of benzene rings is 1. The minimum Gasteiger partial charge on any atom is -0.462 e. The summed E-state index contributed by atoms with van der Waals surface area (Å²) in [6, 6.07) is 1.77. The first-order valence-corrected chi connectivity index (χ1v) is 9.50. The maximum atomic E-state index is 13.6. The van der Waals surface area contributed by atoms with Gasteiger partial charge in [-0.15, -0.1) is 0 Å². The van der Waals surface area contributed by atoms with Crippen molar-refractivity contribution in [3.05, 3.63) is 28.0 Å². The Morgan fingerprint density at radius 2 is 2.10 bits per heavy atom. The quantitative estimate of drug-likeness (QED) is 0.557. The molecule has 0 radical (unpaired) electrons. The van der Waals surface area contributed by atoms with Crippen molar-refractivity contribution in [1.82, 2.24) is 0 Å². The molecular weight excluding hydrogens is 387 g/mol. The van der Waals surface area contributed by atoms with E-state index < -0.39 is 25.7 Å². The van der Waals surface area contributed by atoms with E-state index in [1.165, 1.54) is 6.42 Å². The van der Waals surface area contributed by atoms with Crippen LogP contribution < -0.4 is 0 Å². The molecule has 0 amide bonds. The normalized spacial score (nSPS) is 15.6.